The summed E-state index contributed by atoms with van der Waals surface area (Å²) in [5, 5.41) is 12.6. The fraction of sp³-hybridized carbons (Fsp3) is 0. The van der Waals surface area contributed by atoms with Gasteiger partial charge < -0.3 is 5.32 Å². The Morgan fingerprint density at radius 1 is 1.33 bits per heavy atom. The van der Waals surface area contributed by atoms with Gasteiger partial charge in [0.1, 0.15) is 10.8 Å². The smallest absolute Gasteiger partial charge is 0.296 e. The van der Waals surface area contributed by atoms with Gasteiger partial charge in [-0.1, -0.05) is 11.6 Å². The first-order valence-electron chi connectivity index (χ1n) is 5.31. The molecule has 0 fully saturated rings. The molecule has 0 aliphatic rings. The van der Waals surface area contributed by atoms with Crippen molar-refractivity contribution in [2.24, 2.45) is 0 Å². The van der Waals surface area contributed by atoms with E-state index in [1.165, 1.54) is 0 Å². The molecule has 1 aromatic carbocycles. The Hall–Kier alpha value is -2.68. The van der Waals surface area contributed by atoms with E-state index in [0.717, 1.165) is 18.5 Å². The third-order valence-corrected chi connectivity index (χ3v) is 2.53. The van der Waals surface area contributed by atoms with E-state index in [-0.39, 0.29) is 10.8 Å². The second kappa shape index (κ2) is 5.75. The number of halogens is 3. The highest BCUT2D eigenvalue weighted by Crippen LogP contribution is 2.29. The summed E-state index contributed by atoms with van der Waals surface area (Å²) in [5.74, 6) is -3.90. The first kappa shape index (κ1) is 14.7. The summed E-state index contributed by atoms with van der Waals surface area (Å²) in [5.41, 5.74) is -2.00. The second-order valence-corrected chi connectivity index (χ2v) is 4.08. The Kier molecular flexibility index (Phi) is 4.03. The number of benzene rings is 1. The monoisotopic (exact) mass is 314 g/mol. The van der Waals surface area contributed by atoms with Crippen LogP contribution in [0.3, 0.4) is 0 Å². The van der Waals surface area contributed by atoms with Gasteiger partial charge in [0, 0.05) is 6.07 Å². The Bertz CT molecular complexity index is 741. The first-order chi connectivity index (χ1) is 9.90. The van der Waals surface area contributed by atoms with Crippen molar-refractivity contribution >= 4 is 28.9 Å². The van der Waals surface area contributed by atoms with E-state index in [1.54, 1.807) is 0 Å². The molecule has 0 unspecified atom stereocenters. The minimum absolute atomic E-state index is 0.100. The number of hydrogen-bond donors (Lipinski definition) is 1. The summed E-state index contributed by atoms with van der Waals surface area (Å²) >= 11 is 5.53. The van der Waals surface area contributed by atoms with Crippen LogP contribution in [0.2, 0.25) is 5.15 Å². The van der Waals surface area contributed by atoms with Crippen LogP contribution in [0.15, 0.2) is 24.5 Å². The van der Waals surface area contributed by atoms with Gasteiger partial charge in [-0.05, 0) is 6.07 Å². The molecule has 1 amide bonds. The van der Waals surface area contributed by atoms with Gasteiger partial charge in [0.15, 0.2) is 17.3 Å². The number of aromatic nitrogens is 2. The molecule has 0 saturated carbocycles. The lowest BCUT2D eigenvalue weighted by atomic mass is 10.2. The molecular weight excluding hydrogens is 310 g/mol. The molecule has 2 rings (SSSR count). The van der Waals surface area contributed by atoms with Crippen LogP contribution < -0.4 is 5.32 Å². The molecular formula is C11H5ClF2N4O3. The first-order valence-corrected chi connectivity index (χ1v) is 5.69. The van der Waals surface area contributed by atoms with Gasteiger partial charge in [-0.25, -0.2) is 13.8 Å². The fourth-order valence-corrected chi connectivity index (χ4v) is 1.59. The molecule has 0 aliphatic heterocycles. The van der Waals surface area contributed by atoms with Crippen molar-refractivity contribution in [1.29, 1.82) is 0 Å². The lowest BCUT2D eigenvalue weighted by Crippen LogP contribution is -2.16. The van der Waals surface area contributed by atoms with Gasteiger partial charge in [-0.15, -0.1) is 0 Å². The third-order valence-electron chi connectivity index (χ3n) is 2.35. The number of rotatable bonds is 3. The topological polar surface area (TPSA) is 98.0 Å². The summed E-state index contributed by atoms with van der Waals surface area (Å²) in [6, 6.07) is 1.32. The molecule has 0 aliphatic carbocycles. The zero-order valence-corrected chi connectivity index (χ0v) is 10.8. The van der Waals surface area contributed by atoms with E-state index >= 15 is 0 Å². The van der Waals surface area contributed by atoms with Crippen LogP contribution in [-0.2, 0) is 0 Å². The molecule has 0 bridgehead atoms. The predicted molar refractivity (Wildman–Crippen MR) is 68.0 cm³/mol. The van der Waals surface area contributed by atoms with Gasteiger partial charge in [-0.3, -0.25) is 19.9 Å². The van der Waals surface area contributed by atoms with Crippen LogP contribution in [0, 0.1) is 21.7 Å². The van der Waals surface area contributed by atoms with Crippen LogP contribution in [0.4, 0.5) is 20.2 Å². The van der Waals surface area contributed by atoms with Gasteiger partial charge >= 0.3 is 0 Å². The molecule has 0 atom stereocenters. The molecule has 1 N–H and O–H groups in total. The van der Waals surface area contributed by atoms with Crippen LogP contribution in [-0.4, -0.2) is 20.8 Å². The van der Waals surface area contributed by atoms with Crippen molar-refractivity contribution in [3.63, 3.8) is 0 Å². The van der Waals surface area contributed by atoms with E-state index in [9.17, 15) is 23.7 Å². The molecule has 0 spiro atoms. The highest BCUT2D eigenvalue weighted by Gasteiger charge is 2.24. The number of anilines is 1. The van der Waals surface area contributed by atoms with Crippen molar-refractivity contribution in [2.45, 2.75) is 0 Å². The zero-order chi connectivity index (χ0) is 15.6. The van der Waals surface area contributed by atoms with Gasteiger partial charge in [0.05, 0.1) is 17.3 Å². The number of nitrogens with one attached hydrogen (secondary N) is 1. The number of nitro benzene ring substituents is 1. The molecule has 21 heavy (non-hydrogen) atoms. The largest absolute Gasteiger partial charge is 0.312 e. The maximum Gasteiger partial charge on any atom is 0.296 e. The maximum absolute atomic E-state index is 13.6. The molecule has 1 aromatic heterocycles. The van der Waals surface area contributed by atoms with E-state index in [1.807, 2.05) is 5.32 Å². The number of carbonyl (C=O) groups is 1. The van der Waals surface area contributed by atoms with E-state index in [4.69, 9.17) is 11.6 Å². The molecule has 108 valence electrons. The Morgan fingerprint density at radius 2 is 2.05 bits per heavy atom. The summed E-state index contributed by atoms with van der Waals surface area (Å²) in [6.07, 6.45) is 2.17. The molecule has 0 saturated heterocycles. The molecule has 7 nitrogen and oxygen atoms in total. The van der Waals surface area contributed by atoms with Crippen molar-refractivity contribution in [2.75, 3.05) is 5.32 Å². The number of hydrogen-bond acceptors (Lipinski definition) is 5. The lowest BCUT2D eigenvalue weighted by Gasteiger charge is -2.07. The Labute approximate surface area is 120 Å². The lowest BCUT2D eigenvalue weighted by molar-refractivity contribution is -0.384. The summed E-state index contributed by atoms with van der Waals surface area (Å²) in [6.45, 7) is 0. The summed E-state index contributed by atoms with van der Waals surface area (Å²) in [7, 11) is 0. The summed E-state index contributed by atoms with van der Waals surface area (Å²) in [4.78, 5) is 28.8. The average molecular weight is 315 g/mol. The number of carbonyl (C=O) groups excluding carboxylic acids is 1. The fourth-order valence-electron chi connectivity index (χ4n) is 1.44. The molecule has 2 aromatic rings. The predicted octanol–water partition coefficient (Wildman–Crippen LogP) is 2.57. The van der Waals surface area contributed by atoms with Crippen LogP contribution >= 0.6 is 11.6 Å². The normalized spacial score (nSPS) is 10.2. The van der Waals surface area contributed by atoms with Crippen LogP contribution in [0.5, 0.6) is 0 Å². The minimum Gasteiger partial charge on any atom is -0.312 e. The van der Waals surface area contributed by atoms with Crippen molar-refractivity contribution in [1.82, 2.24) is 9.97 Å². The number of nitro groups is 1. The molecule has 10 heteroatoms. The number of amides is 1. The van der Waals surface area contributed by atoms with Crippen LogP contribution in [0.1, 0.15) is 10.5 Å². The third kappa shape index (κ3) is 3.08. The van der Waals surface area contributed by atoms with E-state index in [0.29, 0.717) is 6.07 Å². The number of nitrogens with zero attached hydrogens (tertiary/aromatic N) is 3. The van der Waals surface area contributed by atoms with Crippen molar-refractivity contribution in [3.8, 4) is 0 Å². The standard InChI is InChI=1S/C11H5ClF2N4O3/c12-8-4-15-3-6(16-8)11(19)17-10-7(18(20)21)2-1-5(13)9(10)14/h1-4H,(H,17,19). The second-order valence-electron chi connectivity index (χ2n) is 3.69. The Balaban J connectivity index is 2.41. The summed E-state index contributed by atoms with van der Waals surface area (Å²) < 4.78 is 26.8. The SMILES string of the molecule is O=C(Nc1c([N+](=O)[O-])ccc(F)c1F)c1cncc(Cl)n1. The van der Waals surface area contributed by atoms with Crippen LogP contribution in [0.25, 0.3) is 0 Å². The highest BCUT2D eigenvalue weighted by molar-refractivity contribution is 6.29. The molecule has 0 radical (unpaired) electrons. The maximum atomic E-state index is 13.6. The highest BCUT2D eigenvalue weighted by atomic mass is 35.5. The van der Waals surface area contributed by atoms with Crippen molar-refractivity contribution < 1.29 is 18.5 Å². The zero-order valence-electron chi connectivity index (χ0n) is 10.0. The van der Waals surface area contributed by atoms with E-state index in [2.05, 4.69) is 9.97 Å². The molecule has 1 heterocycles. The van der Waals surface area contributed by atoms with Gasteiger partial charge in [-0.2, -0.15) is 0 Å². The van der Waals surface area contributed by atoms with Gasteiger partial charge in [0.2, 0.25) is 0 Å². The minimum atomic E-state index is -1.55. The van der Waals surface area contributed by atoms with E-state index < -0.39 is 33.8 Å². The average Bonchev–Trinajstić information content (AvgIpc) is 2.43. The quantitative estimate of drug-likeness (QED) is 0.693. The van der Waals surface area contributed by atoms with Gasteiger partial charge in [0.25, 0.3) is 11.6 Å². The Morgan fingerprint density at radius 3 is 2.67 bits per heavy atom. The van der Waals surface area contributed by atoms with Crippen molar-refractivity contribution in [3.05, 3.63) is 57.1 Å².